The van der Waals surface area contributed by atoms with Crippen LogP contribution >= 0.6 is 27.5 Å². The number of hydrogen-bond donors (Lipinski definition) is 1. The van der Waals surface area contributed by atoms with E-state index in [1.54, 1.807) is 0 Å². The normalized spacial score (nSPS) is 10.6. The quantitative estimate of drug-likeness (QED) is 0.547. The van der Waals surface area contributed by atoms with Gasteiger partial charge in [-0.1, -0.05) is 30.7 Å². The molecule has 2 aromatic rings. The number of aryl methyl sites for hydroxylation is 2. The van der Waals surface area contributed by atoms with Crippen LogP contribution in [0.25, 0.3) is 0 Å². The maximum absolute atomic E-state index is 12.0. The Morgan fingerprint density at radius 1 is 1.24 bits per heavy atom. The number of nitrogens with one attached hydrogen (secondary N) is 1. The molecule has 25 heavy (non-hydrogen) atoms. The predicted molar refractivity (Wildman–Crippen MR) is 108 cm³/mol. The Labute approximate surface area is 162 Å². The van der Waals surface area contributed by atoms with Gasteiger partial charge in [-0.15, -0.1) is 0 Å². The molecule has 0 fully saturated rings. The molecular formula is C20H23BrClNO2. The molecule has 2 aromatic carbocycles. The third-order valence-electron chi connectivity index (χ3n) is 4.02. The highest BCUT2D eigenvalue weighted by molar-refractivity contribution is 9.10. The maximum Gasteiger partial charge on any atom is 0.224 e. The van der Waals surface area contributed by atoms with Crippen LogP contribution in [0.15, 0.2) is 34.8 Å². The lowest BCUT2D eigenvalue weighted by molar-refractivity contribution is -0.116. The summed E-state index contributed by atoms with van der Waals surface area (Å²) in [5.74, 6) is 0.755. The summed E-state index contributed by atoms with van der Waals surface area (Å²) in [6.07, 6.45) is 2.05. The van der Waals surface area contributed by atoms with Gasteiger partial charge in [0.05, 0.1) is 11.1 Å². The first-order chi connectivity index (χ1) is 11.9. The van der Waals surface area contributed by atoms with E-state index in [4.69, 9.17) is 16.3 Å². The minimum atomic E-state index is -0.00428. The zero-order chi connectivity index (χ0) is 18.4. The molecule has 0 unspecified atom stereocenters. The van der Waals surface area contributed by atoms with E-state index in [1.807, 2.05) is 44.2 Å². The highest BCUT2D eigenvalue weighted by atomic mass is 79.9. The SMILES string of the molecule is CCc1ccc(NC(=O)CCCOc2cc(C)c(Cl)c(C)c2Br)cc1. The first-order valence-electron chi connectivity index (χ1n) is 8.39. The van der Waals surface area contributed by atoms with Crippen LogP contribution in [0.3, 0.4) is 0 Å². The maximum atomic E-state index is 12.0. The molecule has 3 nitrogen and oxygen atoms in total. The van der Waals surface area contributed by atoms with E-state index in [9.17, 15) is 4.79 Å². The number of rotatable bonds is 7. The van der Waals surface area contributed by atoms with Gasteiger partial charge in [0.2, 0.25) is 5.91 Å². The lowest BCUT2D eigenvalue weighted by Gasteiger charge is -2.13. The molecule has 0 aliphatic heterocycles. The Morgan fingerprint density at radius 3 is 2.56 bits per heavy atom. The molecule has 0 saturated heterocycles. The monoisotopic (exact) mass is 423 g/mol. The Morgan fingerprint density at radius 2 is 1.92 bits per heavy atom. The topological polar surface area (TPSA) is 38.3 Å². The van der Waals surface area contributed by atoms with Gasteiger partial charge in [0.1, 0.15) is 5.75 Å². The summed E-state index contributed by atoms with van der Waals surface area (Å²) in [5, 5.41) is 3.65. The number of ether oxygens (including phenoxy) is 1. The first kappa shape index (κ1) is 19.8. The molecule has 0 heterocycles. The fourth-order valence-electron chi connectivity index (χ4n) is 2.47. The zero-order valence-electron chi connectivity index (χ0n) is 14.8. The van der Waals surface area contributed by atoms with Crippen molar-refractivity contribution < 1.29 is 9.53 Å². The Balaban J connectivity index is 1.80. The lowest BCUT2D eigenvalue weighted by Crippen LogP contribution is -2.13. The summed E-state index contributed by atoms with van der Waals surface area (Å²) < 4.78 is 6.66. The zero-order valence-corrected chi connectivity index (χ0v) is 17.1. The molecule has 0 radical (unpaired) electrons. The van der Waals surface area contributed by atoms with Crippen molar-refractivity contribution in [2.24, 2.45) is 0 Å². The molecule has 0 aromatic heterocycles. The number of hydrogen-bond acceptors (Lipinski definition) is 2. The summed E-state index contributed by atoms with van der Waals surface area (Å²) in [7, 11) is 0. The first-order valence-corrected chi connectivity index (χ1v) is 9.56. The number of halogens is 2. The summed E-state index contributed by atoms with van der Waals surface area (Å²) >= 11 is 9.73. The van der Waals surface area contributed by atoms with Crippen molar-refractivity contribution in [2.45, 2.75) is 40.0 Å². The van der Waals surface area contributed by atoms with Crippen molar-refractivity contribution in [1.82, 2.24) is 0 Å². The Hall–Kier alpha value is -1.52. The Bertz CT molecular complexity index is 744. The van der Waals surface area contributed by atoms with Crippen LogP contribution in [-0.4, -0.2) is 12.5 Å². The molecule has 0 atom stereocenters. The predicted octanol–water partition coefficient (Wildman–Crippen LogP) is 6.08. The van der Waals surface area contributed by atoms with Gasteiger partial charge in [0.15, 0.2) is 0 Å². The van der Waals surface area contributed by atoms with Crippen LogP contribution in [-0.2, 0) is 11.2 Å². The average Bonchev–Trinajstić information content (AvgIpc) is 2.61. The van der Waals surface area contributed by atoms with Crippen molar-refractivity contribution >= 4 is 39.1 Å². The van der Waals surface area contributed by atoms with Crippen molar-refractivity contribution in [1.29, 1.82) is 0 Å². The van der Waals surface area contributed by atoms with Crippen LogP contribution in [0.2, 0.25) is 5.02 Å². The van der Waals surface area contributed by atoms with Crippen molar-refractivity contribution in [3.05, 3.63) is 56.5 Å². The fraction of sp³-hybridized carbons (Fsp3) is 0.350. The van der Waals surface area contributed by atoms with Gasteiger partial charge < -0.3 is 10.1 Å². The highest BCUT2D eigenvalue weighted by Gasteiger charge is 2.11. The molecule has 0 aliphatic carbocycles. The molecule has 2 rings (SSSR count). The summed E-state index contributed by atoms with van der Waals surface area (Å²) in [6, 6.07) is 9.84. The number of amides is 1. The molecule has 5 heteroatoms. The van der Waals surface area contributed by atoms with Gasteiger partial charge in [0, 0.05) is 17.1 Å². The molecule has 0 aliphatic rings. The van der Waals surface area contributed by atoms with E-state index in [2.05, 4.69) is 28.2 Å². The number of carbonyl (C=O) groups is 1. The van der Waals surface area contributed by atoms with Crippen LogP contribution in [0.1, 0.15) is 36.5 Å². The number of carbonyl (C=O) groups excluding carboxylic acids is 1. The second-order valence-electron chi connectivity index (χ2n) is 6.00. The molecule has 0 spiro atoms. The lowest BCUT2D eigenvalue weighted by atomic mass is 10.1. The van der Waals surface area contributed by atoms with E-state index in [0.717, 1.165) is 38.5 Å². The van der Waals surface area contributed by atoms with Crippen molar-refractivity contribution in [3.8, 4) is 5.75 Å². The summed E-state index contributed by atoms with van der Waals surface area (Å²) in [4.78, 5) is 12.0. The number of benzene rings is 2. The molecule has 1 amide bonds. The van der Waals surface area contributed by atoms with Crippen LogP contribution in [0.5, 0.6) is 5.75 Å². The molecule has 0 bridgehead atoms. The molecular weight excluding hydrogens is 402 g/mol. The third-order valence-corrected chi connectivity index (χ3v) is 5.59. The van der Waals surface area contributed by atoms with Crippen molar-refractivity contribution in [3.63, 3.8) is 0 Å². The van der Waals surface area contributed by atoms with E-state index >= 15 is 0 Å². The van der Waals surface area contributed by atoms with Crippen LogP contribution < -0.4 is 10.1 Å². The second-order valence-corrected chi connectivity index (χ2v) is 7.17. The van der Waals surface area contributed by atoms with E-state index < -0.39 is 0 Å². The van der Waals surface area contributed by atoms with E-state index in [-0.39, 0.29) is 5.91 Å². The third kappa shape index (κ3) is 5.48. The standard InChI is InChI=1S/C20H23BrClNO2/c1-4-15-7-9-16(10-8-15)23-18(24)6-5-11-25-17-12-13(2)20(22)14(3)19(17)21/h7-10,12H,4-6,11H2,1-3H3,(H,23,24). The van der Waals surface area contributed by atoms with E-state index in [1.165, 1.54) is 5.56 Å². The largest absolute Gasteiger partial charge is 0.492 e. The van der Waals surface area contributed by atoms with Gasteiger partial charge in [-0.3, -0.25) is 4.79 Å². The smallest absolute Gasteiger partial charge is 0.224 e. The minimum absolute atomic E-state index is 0.00428. The van der Waals surface area contributed by atoms with Crippen LogP contribution in [0, 0.1) is 13.8 Å². The van der Waals surface area contributed by atoms with Gasteiger partial charge in [0.25, 0.3) is 0 Å². The van der Waals surface area contributed by atoms with Gasteiger partial charge in [-0.2, -0.15) is 0 Å². The van der Waals surface area contributed by atoms with Gasteiger partial charge in [-0.25, -0.2) is 0 Å². The molecule has 0 saturated carbocycles. The number of anilines is 1. The van der Waals surface area contributed by atoms with Gasteiger partial charge in [-0.05, 0) is 77.5 Å². The summed E-state index contributed by atoms with van der Waals surface area (Å²) in [5.41, 5.74) is 4.02. The Kier molecular flexibility index (Phi) is 7.33. The van der Waals surface area contributed by atoms with Crippen LogP contribution in [0.4, 0.5) is 5.69 Å². The van der Waals surface area contributed by atoms with E-state index in [0.29, 0.717) is 19.4 Å². The molecule has 1 N–H and O–H groups in total. The average molecular weight is 425 g/mol. The minimum Gasteiger partial charge on any atom is -0.492 e. The van der Waals surface area contributed by atoms with Gasteiger partial charge >= 0.3 is 0 Å². The second kappa shape index (κ2) is 9.25. The van der Waals surface area contributed by atoms with Crippen molar-refractivity contribution in [2.75, 3.05) is 11.9 Å². The molecule has 134 valence electrons. The summed E-state index contributed by atoms with van der Waals surface area (Å²) in [6.45, 7) is 6.48. The highest BCUT2D eigenvalue weighted by Crippen LogP contribution is 2.35. The fourth-order valence-corrected chi connectivity index (χ4v) is 3.16.